The summed E-state index contributed by atoms with van der Waals surface area (Å²) in [7, 11) is 3.12. The Balaban J connectivity index is 1.97. The van der Waals surface area contributed by atoms with Gasteiger partial charge in [-0.05, 0) is 86.2 Å². The molecule has 0 aliphatic carbocycles. The molecule has 0 N–H and O–H groups in total. The van der Waals surface area contributed by atoms with Crippen LogP contribution in [-0.4, -0.2) is 36.1 Å². The first-order chi connectivity index (χ1) is 18.6. The monoisotopic (exact) mass is 655 g/mol. The van der Waals surface area contributed by atoms with Crippen molar-refractivity contribution in [2.24, 2.45) is 5.10 Å². The number of methoxy groups -OCH3 is 2. The van der Waals surface area contributed by atoms with E-state index in [1.165, 1.54) is 24.9 Å². The van der Waals surface area contributed by atoms with Crippen LogP contribution in [0, 0.1) is 6.92 Å². The molecular formula is C29H27Br2N3O5. The SMILES string of the molecule is COc1cc(C)c(-c2nc3ccccc3c(=O)n2N=Cc2cc(OC)c(OC(C)=O)c(Br)c2Br)cc1C(C)C. The normalized spacial score (nSPS) is 11.4. The van der Waals surface area contributed by atoms with Gasteiger partial charge in [-0.15, -0.1) is 0 Å². The van der Waals surface area contributed by atoms with Crippen LogP contribution in [0.2, 0.25) is 0 Å². The average molecular weight is 657 g/mol. The Labute approximate surface area is 242 Å². The second-order valence-corrected chi connectivity index (χ2v) is 10.7. The molecule has 0 saturated carbocycles. The number of hydrogen-bond acceptors (Lipinski definition) is 7. The fraction of sp³-hybridized carbons (Fsp3) is 0.241. The third-order valence-corrected chi connectivity index (χ3v) is 8.27. The average Bonchev–Trinajstić information content (AvgIpc) is 2.91. The summed E-state index contributed by atoms with van der Waals surface area (Å²) < 4.78 is 18.7. The van der Waals surface area contributed by atoms with Gasteiger partial charge in [-0.1, -0.05) is 26.0 Å². The highest BCUT2D eigenvalue weighted by Crippen LogP contribution is 2.42. The summed E-state index contributed by atoms with van der Waals surface area (Å²) in [5.41, 5.74) is 3.48. The van der Waals surface area contributed by atoms with Crippen molar-refractivity contribution in [3.05, 3.63) is 78.5 Å². The van der Waals surface area contributed by atoms with E-state index in [-0.39, 0.29) is 17.2 Å². The molecule has 39 heavy (non-hydrogen) atoms. The lowest BCUT2D eigenvalue weighted by molar-refractivity contribution is -0.132. The first-order valence-electron chi connectivity index (χ1n) is 12.1. The number of hydrogen-bond donors (Lipinski definition) is 0. The first kappa shape index (κ1) is 28.5. The van der Waals surface area contributed by atoms with Crippen LogP contribution in [0.25, 0.3) is 22.3 Å². The number of rotatable bonds is 7. The topological polar surface area (TPSA) is 92.0 Å². The lowest BCUT2D eigenvalue weighted by Crippen LogP contribution is -2.21. The summed E-state index contributed by atoms with van der Waals surface area (Å²) in [6, 6.07) is 12.8. The molecule has 0 bridgehead atoms. The van der Waals surface area contributed by atoms with Crippen molar-refractivity contribution in [3.8, 4) is 28.6 Å². The number of benzene rings is 3. The maximum absolute atomic E-state index is 13.7. The Morgan fingerprint density at radius 2 is 1.74 bits per heavy atom. The lowest BCUT2D eigenvalue weighted by Gasteiger charge is -2.17. The van der Waals surface area contributed by atoms with E-state index in [9.17, 15) is 9.59 Å². The number of ether oxygens (including phenoxy) is 3. The minimum atomic E-state index is -0.489. The molecule has 3 aromatic carbocycles. The standard InChI is InChI=1S/C29H27Br2N3O5/c1-15(2)20-13-21(16(3)11-23(20)37-5)28-33-22-10-8-7-9-19(22)29(36)34(28)32-14-18-12-24(38-6)27(39-17(4)35)26(31)25(18)30/h7-15H,1-6H3. The molecule has 4 rings (SSSR count). The predicted molar refractivity (Wildman–Crippen MR) is 160 cm³/mol. The van der Waals surface area contributed by atoms with E-state index >= 15 is 0 Å². The number of fused-ring (bicyclic) bond motifs is 1. The van der Waals surface area contributed by atoms with Crippen molar-refractivity contribution in [2.75, 3.05) is 14.2 Å². The number of carbonyl (C=O) groups is 1. The molecule has 0 fully saturated rings. The van der Waals surface area contributed by atoms with Crippen LogP contribution in [0.4, 0.5) is 0 Å². The second-order valence-electron chi connectivity index (χ2n) is 9.10. The number of esters is 1. The van der Waals surface area contributed by atoms with Gasteiger partial charge >= 0.3 is 5.97 Å². The molecule has 0 radical (unpaired) electrons. The summed E-state index contributed by atoms with van der Waals surface area (Å²) in [6.07, 6.45) is 1.53. The van der Waals surface area contributed by atoms with Crippen molar-refractivity contribution < 1.29 is 19.0 Å². The van der Waals surface area contributed by atoms with Crippen molar-refractivity contribution in [2.45, 2.75) is 33.6 Å². The lowest BCUT2D eigenvalue weighted by atomic mass is 9.96. The van der Waals surface area contributed by atoms with Gasteiger partial charge in [0.25, 0.3) is 5.56 Å². The molecule has 1 aromatic heterocycles. The fourth-order valence-corrected chi connectivity index (χ4v) is 5.08. The van der Waals surface area contributed by atoms with Gasteiger partial charge in [0.15, 0.2) is 17.3 Å². The molecule has 0 aliphatic heterocycles. The van der Waals surface area contributed by atoms with Crippen molar-refractivity contribution in [3.63, 3.8) is 0 Å². The van der Waals surface area contributed by atoms with Gasteiger partial charge in [0.1, 0.15) is 5.75 Å². The van der Waals surface area contributed by atoms with Crippen LogP contribution in [0.5, 0.6) is 17.2 Å². The maximum Gasteiger partial charge on any atom is 0.308 e. The van der Waals surface area contributed by atoms with Gasteiger partial charge in [-0.3, -0.25) is 9.59 Å². The molecule has 0 atom stereocenters. The van der Waals surface area contributed by atoms with E-state index in [4.69, 9.17) is 19.2 Å². The van der Waals surface area contributed by atoms with Crippen molar-refractivity contribution in [1.29, 1.82) is 0 Å². The molecule has 202 valence electrons. The molecule has 8 nitrogen and oxygen atoms in total. The van der Waals surface area contributed by atoms with Crippen LogP contribution in [-0.2, 0) is 4.79 Å². The van der Waals surface area contributed by atoms with Crippen LogP contribution < -0.4 is 19.8 Å². The highest BCUT2D eigenvalue weighted by Gasteiger charge is 2.20. The van der Waals surface area contributed by atoms with Gasteiger partial charge < -0.3 is 14.2 Å². The summed E-state index contributed by atoms with van der Waals surface area (Å²) >= 11 is 6.99. The number of nitrogens with zero attached hydrogens (tertiary/aromatic N) is 3. The summed E-state index contributed by atoms with van der Waals surface area (Å²) in [4.78, 5) is 30.2. The van der Waals surface area contributed by atoms with E-state index in [1.54, 1.807) is 25.3 Å². The summed E-state index contributed by atoms with van der Waals surface area (Å²) in [5.74, 6) is 1.41. The number of para-hydroxylation sites is 1. The molecule has 0 amide bonds. The zero-order valence-electron chi connectivity index (χ0n) is 22.3. The summed E-state index contributed by atoms with van der Waals surface area (Å²) in [5, 5.41) is 5.04. The first-order valence-corrected chi connectivity index (χ1v) is 13.6. The molecule has 0 unspecified atom stereocenters. The Morgan fingerprint density at radius 3 is 2.38 bits per heavy atom. The number of aryl methyl sites for hydroxylation is 1. The number of halogens is 2. The van der Waals surface area contributed by atoms with Crippen molar-refractivity contribution in [1.82, 2.24) is 9.66 Å². The minimum absolute atomic E-state index is 0.180. The quantitative estimate of drug-likeness (QED) is 0.123. The van der Waals surface area contributed by atoms with E-state index in [0.29, 0.717) is 37.0 Å². The van der Waals surface area contributed by atoms with Crippen LogP contribution in [0.15, 0.2) is 61.3 Å². The van der Waals surface area contributed by atoms with Crippen LogP contribution in [0.1, 0.15) is 43.4 Å². The molecular weight excluding hydrogens is 630 g/mol. The third-order valence-electron chi connectivity index (χ3n) is 6.13. The maximum atomic E-state index is 13.7. The van der Waals surface area contributed by atoms with Gasteiger partial charge in [0, 0.05) is 22.5 Å². The Hall–Kier alpha value is -3.50. The Bertz CT molecular complexity index is 1680. The zero-order chi connectivity index (χ0) is 28.4. The predicted octanol–water partition coefficient (Wildman–Crippen LogP) is 6.85. The van der Waals surface area contributed by atoms with Crippen LogP contribution >= 0.6 is 31.9 Å². The van der Waals surface area contributed by atoms with Gasteiger partial charge in [-0.2, -0.15) is 9.78 Å². The molecule has 0 aliphatic rings. The molecule has 10 heteroatoms. The minimum Gasteiger partial charge on any atom is -0.496 e. The van der Waals surface area contributed by atoms with E-state index in [1.807, 2.05) is 31.2 Å². The largest absolute Gasteiger partial charge is 0.496 e. The Morgan fingerprint density at radius 1 is 1.05 bits per heavy atom. The highest BCUT2D eigenvalue weighted by atomic mass is 79.9. The Kier molecular flexibility index (Phi) is 8.56. The van der Waals surface area contributed by atoms with Gasteiger partial charge in [0.05, 0.1) is 35.8 Å². The zero-order valence-corrected chi connectivity index (χ0v) is 25.5. The molecule has 4 aromatic rings. The van der Waals surface area contributed by atoms with Crippen LogP contribution in [0.3, 0.4) is 0 Å². The van der Waals surface area contributed by atoms with E-state index < -0.39 is 5.97 Å². The van der Waals surface area contributed by atoms with Crippen molar-refractivity contribution >= 4 is 54.9 Å². The highest BCUT2D eigenvalue weighted by molar-refractivity contribution is 9.13. The third kappa shape index (κ3) is 5.62. The second kappa shape index (κ2) is 11.7. The fourth-order valence-electron chi connectivity index (χ4n) is 4.18. The summed E-state index contributed by atoms with van der Waals surface area (Å²) in [6.45, 7) is 7.42. The number of aromatic nitrogens is 2. The molecule has 1 heterocycles. The number of carbonyl (C=O) groups excluding carboxylic acids is 1. The molecule has 0 spiro atoms. The van der Waals surface area contributed by atoms with Gasteiger partial charge in [0.2, 0.25) is 0 Å². The molecule has 0 saturated heterocycles. The van der Waals surface area contributed by atoms with Gasteiger partial charge in [-0.25, -0.2) is 4.98 Å². The van der Waals surface area contributed by atoms with E-state index in [0.717, 1.165) is 22.4 Å². The smallest absolute Gasteiger partial charge is 0.308 e. The van der Waals surface area contributed by atoms with E-state index in [2.05, 4.69) is 50.8 Å².